The van der Waals surface area contributed by atoms with Crippen molar-refractivity contribution >= 4 is 11.8 Å². The molecule has 1 spiro atoms. The van der Waals surface area contributed by atoms with E-state index in [1.807, 2.05) is 4.90 Å². The summed E-state index contributed by atoms with van der Waals surface area (Å²) in [5, 5.41) is 2.77. The maximum atomic E-state index is 12.5. The van der Waals surface area contributed by atoms with Gasteiger partial charge in [-0.25, -0.2) is 9.97 Å². The molecule has 1 aromatic rings. The molecular weight excluding hydrogens is 268 g/mol. The number of likely N-dealkylation sites (tertiary alicyclic amines) is 1. The Morgan fingerprint density at radius 1 is 1.33 bits per heavy atom. The summed E-state index contributed by atoms with van der Waals surface area (Å²) in [4.78, 5) is 34.2. The topological polar surface area (TPSA) is 75.2 Å². The molecule has 0 unspecified atom stereocenters. The quantitative estimate of drug-likeness (QED) is 0.875. The molecule has 2 aliphatic rings. The highest BCUT2D eigenvalue weighted by molar-refractivity contribution is 5.94. The maximum absolute atomic E-state index is 12.5. The fourth-order valence-electron chi connectivity index (χ4n) is 3.87. The minimum atomic E-state index is -0.0363. The van der Waals surface area contributed by atoms with E-state index >= 15 is 0 Å². The number of nitrogens with zero attached hydrogens (tertiary/aromatic N) is 3. The third-order valence-electron chi connectivity index (χ3n) is 4.95. The van der Waals surface area contributed by atoms with E-state index in [0.717, 1.165) is 25.7 Å². The predicted octanol–water partition coefficient (Wildman–Crippen LogP) is 0.855. The van der Waals surface area contributed by atoms with Crippen LogP contribution < -0.4 is 5.32 Å². The van der Waals surface area contributed by atoms with E-state index < -0.39 is 0 Å². The second-order valence-electron chi connectivity index (χ2n) is 6.03. The number of aromatic nitrogens is 2. The molecule has 1 saturated carbocycles. The maximum Gasteiger partial charge on any atom is 0.257 e. The molecule has 1 saturated heterocycles. The molecule has 1 aliphatic heterocycles. The van der Waals surface area contributed by atoms with Crippen molar-refractivity contribution < 1.29 is 9.59 Å². The normalized spacial score (nSPS) is 28.0. The molecule has 6 nitrogen and oxygen atoms in total. The summed E-state index contributed by atoms with van der Waals surface area (Å²) < 4.78 is 0. The van der Waals surface area contributed by atoms with Crippen molar-refractivity contribution in [3.05, 3.63) is 24.3 Å². The first kappa shape index (κ1) is 14.0. The average Bonchev–Trinajstić information content (AvgIpc) is 3.14. The summed E-state index contributed by atoms with van der Waals surface area (Å²) in [7, 11) is 1.69. The molecule has 21 heavy (non-hydrogen) atoms. The van der Waals surface area contributed by atoms with E-state index in [0.29, 0.717) is 18.7 Å². The molecule has 2 heterocycles. The smallest absolute Gasteiger partial charge is 0.257 e. The number of amides is 2. The molecule has 1 aliphatic carbocycles. The molecule has 2 atom stereocenters. The van der Waals surface area contributed by atoms with E-state index in [4.69, 9.17) is 0 Å². The van der Waals surface area contributed by atoms with Gasteiger partial charge in [0.15, 0.2) is 0 Å². The monoisotopic (exact) mass is 288 g/mol. The van der Waals surface area contributed by atoms with Crippen LogP contribution in [0.1, 0.15) is 36.0 Å². The molecule has 3 rings (SSSR count). The SMILES string of the molecule is CNC(=O)[C@H]1CCC[C@]12CCN(C(=O)c1cncnc1)C2. The Morgan fingerprint density at radius 3 is 2.81 bits per heavy atom. The van der Waals surface area contributed by atoms with Crippen molar-refractivity contribution in [3.8, 4) is 0 Å². The number of carbonyl (C=O) groups is 2. The lowest BCUT2D eigenvalue weighted by atomic mass is 9.76. The highest BCUT2D eigenvalue weighted by Crippen LogP contribution is 2.49. The highest BCUT2D eigenvalue weighted by Gasteiger charge is 2.51. The van der Waals surface area contributed by atoms with E-state index in [2.05, 4.69) is 15.3 Å². The summed E-state index contributed by atoms with van der Waals surface area (Å²) in [6.45, 7) is 1.38. The molecule has 6 heteroatoms. The molecule has 2 fully saturated rings. The predicted molar refractivity (Wildman–Crippen MR) is 76.4 cm³/mol. The Labute approximate surface area is 124 Å². The van der Waals surface area contributed by atoms with Gasteiger partial charge in [0.2, 0.25) is 5.91 Å². The number of hydrogen-bond acceptors (Lipinski definition) is 4. The molecule has 2 amide bonds. The van der Waals surface area contributed by atoms with Gasteiger partial charge in [0, 0.05) is 43.9 Å². The Balaban J connectivity index is 1.76. The van der Waals surface area contributed by atoms with E-state index in [9.17, 15) is 9.59 Å². The Bertz CT molecular complexity index is 548. The minimum Gasteiger partial charge on any atom is -0.359 e. The lowest BCUT2D eigenvalue weighted by Gasteiger charge is -2.30. The number of nitrogens with one attached hydrogen (secondary N) is 1. The van der Waals surface area contributed by atoms with Gasteiger partial charge in [-0.15, -0.1) is 0 Å². The van der Waals surface area contributed by atoms with Crippen LogP contribution in [0.2, 0.25) is 0 Å². The summed E-state index contributed by atoms with van der Waals surface area (Å²) in [6, 6.07) is 0. The molecule has 0 aromatic carbocycles. The first-order chi connectivity index (χ1) is 10.2. The third kappa shape index (κ3) is 2.39. The second kappa shape index (κ2) is 5.42. The van der Waals surface area contributed by atoms with Crippen LogP contribution >= 0.6 is 0 Å². The molecule has 1 N–H and O–H groups in total. The van der Waals surface area contributed by atoms with Crippen LogP contribution in [0.5, 0.6) is 0 Å². The van der Waals surface area contributed by atoms with Gasteiger partial charge < -0.3 is 10.2 Å². The molecule has 0 radical (unpaired) electrons. The van der Waals surface area contributed by atoms with Crippen molar-refractivity contribution in [1.82, 2.24) is 20.2 Å². The first-order valence-corrected chi connectivity index (χ1v) is 7.42. The minimum absolute atomic E-state index is 0.0324. The largest absolute Gasteiger partial charge is 0.359 e. The number of rotatable bonds is 2. The molecule has 0 bridgehead atoms. The van der Waals surface area contributed by atoms with Crippen molar-refractivity contribution in [2.75, 3.05) is 20.1 Å². The third-order valence-corrected chi connectivity index (χ3v) is 4.95. The van der Waals surface area contributed by atoms with Crippen LogP contribution in [0.15, 0.2) is 18.7 Å². The zero-order valence-electron chi connectivity index (χ0n) is 12.2. The van der Waals surface area contributed by atoms with Crippen molar-refractivity contribution in [2.24, 2.45) is 11.3 Å². The van der Waals surface area contributed by atoms with Gasteiger partial charge in [0.1, 0.15) is 6.33 Å². The number of carbonyl (C=O) groups excluding carboxylic acids is 2. The van der Waals surface area contributed by atoms with Gasteiger partial charge in [0.05, 0.1) is 5.56 Å². The van der Waals surface area contributed by atoms with Crippen LogP contribution in [0.4, 0.5) is 0 Å². The van der Waals surface area contributed by atoms with Crippen LogP contribution in [0.25, 0.3) is 0 Å². The fraction of sp³-hybridized carbons (Fsp3) is 0.600. The summed E-state index contributed by atoms with van der Waals surface area (Å²) in [5.41, 5.74) is 0.481. The van der Waals surface area contributed by atoms with Gasteiger partial charge in [-0.1, -0.05) is 6.42 Å². The van der Waals surface area contributed by atoms with Gasteiger partial charge in [-0.05, 0) is 19.3 Å². The standard InChI is InChI=1S/C15H20N4O2/c1-16-13(20)12-3-2-4-15(12)5-6-19(9-15)14(21)11-7-17-10-18-8-11/h7-8,10,12H,2-6,9H2,1H3,(H,16,20)/t12-,15-/m1/s1. The van der Waals surface area contributed by atoms with Gasteiger partial charge in [-0.2, -0.15) is 0 Å². The van der Waals surface area contributed by atoms with Gasteiger partial charge >= 0.3 is 0 Å². The highest BCUT2D eigenvalue weighted by atomic mass is 16.2. The zero-order chi connectivity index (χ0) is 14.9. The molecule has 112 valence electrons. The lowest BCUT2D eigenvalue weighted by molar-refractivity contribution is -0.127. The second-order valence-corrected chi connectivity index (χ2v) is 6.03. The number of hydrogen-bond donors (Lipinski definition) is 1. The first-order valence-electron chi connectivity index (χ1n) is 7.42. The average molecular weight is 288 g/mol. The fourth-order valence-corrected chi connectivity index (χ4v) is 3.87. The van der Waals surface area contributed by atoms with E-state index in [1.54, 1.807) is 19.4 Å². The van der Waals surface area contributed by atoms with Crippen molar-refractivity contribution in [2.45, 2.75) is 25.7 Å². The van der Waals surface area contributed by atoms with Crippen molar-refractivity contribution in [1.29, 1.82) is 0 Å². The summed E-state index contributed by atoms with van der Waals surface area (Å²) >= 11 is 0. The Kier molecular flexibility index (Phi) is 3.61. The van der Waals surface area contributed by atoms with E-state index in [-0.39, 0.29) is 23.1 Å². The van der Waals surface area contributed by atoms with Crippen LogP contribution in [0.3, 0.4) is 0 Å². The summed E-state index contributed by atoms with van der Waals surface area (Å²) in [5.74, 6) is 0.118. The van der Waals surface area contributed by atoms with Crippen molar-refractivity contribution in [3.63, 3.8) is 0 Å². The Morgan fingerprint density at radius 2 is 2.10 bits per heavy atom. The van der Waals surface area contributed by atoms with Crippen LogP contribution in [0, 0.1) is 11.3 Å². The van der Waals surface area contributed by atoms with Crippen LogP contribution in [-0.2, 0) is 4.79 Å². The zero-order valence-corrected chi connectivity index (χ0v) is 12.2. The van der Waals surface area contributed by atoms with Crippen LogP contribution in [-0.4, -0.2) is 46.8 Å². The summed E-state index contributed by atoms with van der Waals surface area (Å²) in [6.07, 6.45) is 8.44. The van der Waals surface area contributed by atoms with E-state index in [1.165, 1.54) is 6.33 Å². The Hall–Kier alpha value is -1.98. The van der Waals surface area contributed by atoms with Gasteiger partial charge in [0.25, 0.3) is 5.91 Å². The molecule has 1 aromatic heterocycles. The molecular formula is C15H20N4O2. The van der Waals surface area contributed by atoms with Gasteiger partial charge in [-0.3, -0.25) is 9.59 Å². The lowest BCUT2D eigenvalue weighted by Crippen LogP contribution is -2.40.